The van der Waals surface area contributed by atoms with Gasteiger partial charge in [0.25, 0.3) is 0 Å². The average molecular weight is 620 g/mol. The van der Waals surface area contributed by atoms with E-state index in [4.69, 9.17) is 24.4 Å². The van der Waals surface area contributed by atoms with Gasteiger partial charge in [-0.05, 0) is 35.9 Å². The van der Waals surface area contributed by atoms with Crippen LogP contribution in [0.2, 0.25) is 0 Å². The van der Waals surface area contributed by atoms with Crippen molar-refractivity contribution in [2.75, 3.05) is 0 Å². The molecule has 1 atom stereocenters. The number of hydrogen-bond acceptors (Lipinski definition) is 6. The van der Waals surface area contributed by atoms with Gasteiger partial charge in [-0.3, -0.25) is 4.57 Å². The van der Waals surface area contributed by atoms with Gasteiger partial charge in [0.05, 0.1) is 11.0 Å². The topological polar surface area (TPSA) is 89.9 Å². The Balaban J connectivity index is 1.20. The van der Waals surface area contributed by atoms with E-state index in [1.54, 1.807) is 0 Å². The number of furan rings is 1. The van der Waals surface area contributed by atoms with Crippen molar-refractivity contribution in [2.45, 2.75) is 6.23 Å². The minimum Gasteiger partial charge on any atom is -0.456 e. The van der Waals surface area contributed by atoms with Crippen LogP contribution in [0.3, 0.4) is 0 Å². The fraction of sp³-hybridized carbons (Fsp3) is 0.0244. The van der Waals surface area contributed by atoms with Crippen LogP contribution >= 0.6 is 0 Å². The van der Waals surface area contributed by atoms with Crippen LogP contribution in [0, 0.1) is 0 Å². The van der Waals surface area contributed by atoms with E-state index in [1.807, 2.05) is 126 Å². The maximum atomic E-state index is 11.8. The summed E-state index contributed by atoms with van der Waals surface area (Å²) in [5.41, 5.74) is 9.67. The number of imidazole rings is 1. The van der Waals surface area contributed by atoms with Crippen molar-refractivity contribution in [3.8, 4) is 56.7 Å². The smallest absolute Gasteiger partial charge is 0.164 e. The van der Waals surface area contributed by atoms with Gasteiger partial charge in [-0.1, -0.05) is 109 Å². The molecular weight excluding hydrogens is 594 g/mol. The second-order valence-corrected chi connectivity index (χ2v) is 12.0. The fourth-order valence-electron chi connectivity index (χ4n) is 6.99. The lowest BCUT2D eigenvalue weighted by atomic mass is 9.94. The number of para-hydroxylation sites is 1. The monoisotopic (exact) mass is 619 g/mol. The molecule has 10 rings (SSSR count). The summed E-state index contributed by atoms with van der Waals surface area (Å²) in [6, 6.07) is 46.1. The van der Waals surface area contributed by atoms with Crippen LogP contribution in [0.5, 0.6) is 0 Å². The van der Waals surface area contributed by atoms with Crippen molar-refractivity contribution in [2.24, 2.45) is 0 Å². The summed E-state index contributed by atoms with van der Waals surface area (Å²) in [6.45, 7) is 0. The molecule has 0 fully saturated rings. The number of fused-ring (bicyclic) bond motifs is 5. The molecule has 0 amide bonds. The van der Waals surface area contributed by atoms with Crippen molar-refractivity contribution in [1.82, 2.24) is 24.5 Å². The second kappa shape index (κ2) is 10.3. The molecule has 0 bridgehead atoms. The standard InChI is InChI=1S/C41H25N5O2/c47-41-29-16-8-7-15-27(29)28-17-9-19-32-36(28)46(41)40(42-32)30-18-10-20-34-35(30)31-23-26(21-22-33(31)48-34)39-44-37(24-11-3-1-4-12-24)43-38(45-39)25-13-5-2-6-14-25/h1-23,41,47H. The zero-order valence-electron chi connectivity index (χ0n) is 25.4. The minimum absolute atomic E-state index is 0.565. The van der Waals surface area contributed by atoms with Gasteiger partial charge >= 0.3 is 0 Å². The maximum Gasteiger partial charge on any atom is 0.164 e. The largest absolute Gasteiger partial charge is 0.456 e. The van der Waals surface area contributed by atoms with E-state index in [2.05, 4.69) is 18.2 Å². The van der Waals surface area contributed by atoms with Crippen LogP contribution in [-0.4, -0.2) is 29.6 Å². The Labute approximate surface area is 274 Å². The van der Waals surface area contributed by atoms with E-state index < -0.39 is 6.23 Å². The van der Waals surface area contributed by atoms with Gasteiger partial charge < -0.3 is 9.52 Å². The Bertz CT molecular complexity index is 2640. The predicted molar refractivity (Wildman–Crippen MR) is 188 cm³/mol. The molecule has 1 N–H and O–H groups in total. The summed E-state index contributed by atoms with van der Waals surface area (Å²) < 4.78 is 8.36. The molecule has 3 aromatic heterocycles. The predicted octanol–water partition coefficient (Wildman–Crippen LogP) is 9.31. The summed E-state index contributed by atoms with van der Waals surface area (Å²) in [5, 5.41) is 13.6. The average Bonchev–Trinajstić information content (AvgIpc) is 3.74. The number of aliphatic hydroxyl groups is 1. The lowest BCUT2D eigenvalue weighted by Crippen LogP contribution is -2.16. The number of aromatic nitrogens is 5. The summed E-state index contributed by atoms with van der Waals surface area (Å²) in [5.74, 6) is 2.45. The lowest BCUT2D eigenvalue weighted by Gasteiger charge is -2.25. The van der Waals surface area contributed by atoms with E-state index in [-0.39, 0.29) is 0 Å². The quantitative estimate of drug-likeness (QED) is 0.211. The zero-order chi connectivity index (χ0) is 31.8. The van der Waals surface area contributed by atoms with E-state index in [1.165, 1.54) is 0 Å². The molecule has 0 aliphatic carbocycles. The molecule has 0 spiro atoms. The molecule has 9 aromatic rings. The molecule has 48 heavy (non-hydrogen) atoms. The molecule has 4 heterocycles. The number of nitrogens with zero attached hydrogens (tertiary/aromatic N) is 5. The van der Waals surface area contributed by atoms with Gasteiger partial charge in [0.2, 0.25) is 0 Å². The van der Waals surface area contributed by atoms with Crippen LogP contribution < -0.4 is 0 Å². The highest BCUT2D eigenvalue weighted by Crippen LogP contribution is 2.45. The molecule has 7 nitrogen and oxygen atoms in total. The van der Waals surface area contributed by atoms with E-state index in [0.717, 1.165) is 71.9 Å². The fourth-order valence-corrected chi connectivity index (χ4v) is 6.99. The Morgan fingerprint density at radius 2 is 1.15 bits per heavy atom. The van der Waals surface area contributed by atoms with E-state index in [0.29, 0.717) is 23.3 Å². The first kappa shape index (κ1) is 26.7. The number of hydrogen-bond donors (Lipinski definition) is 1. The van der Waals surface area contributed by atoms with E-state index >= 15 is 0 Å². The van der Waals surface area contributed by atoms with Crippen molar-refractivity contribution in [3.05, 3.63) is 145 Å². The first-order valence-corrected chi connectivity index (χ1v) is 15.8. The van der Waals surface area contributed by atoms with E-state index in [9.17, 15) is 5.11 Å². The second-order valence-electron chi connectivity index (χ2n) is 12.0. The molecule has 7 heteroatoms. The molecule has 6 aromatic carbocycles. The SMILES string of the molecule is OC1c2ccccc2-c2cccc3nc(-c4cccc5oc6ccc(-c7nc(-c8ccccc8)nc(-c8ccccc8)n7)cc6c45)n1c23. The summed E-state index contributed by atoms with van der Waals surface area (Å²) in [7, 11) is 0. The van der Waals surface area contributed by atoms with Crippen LogP contribution in [-0.2, 0) is 0 Å². The Kier molecular flexibility index (Phi) is 5.73. The van der Waals surface area contributed by atoms with Crippen LogP contribution in [0.15, 0.2) is 144 Å². The third-order valence-corrected chi connectivity index (χ3v) is 9.18. The molecule has 1 aliphatic heterocycles. The molecule has 1 unspecified atom stereocenters. The van der Waals surface area contributed by atoms with Gasteiger partial charge in [-0.25, -0.2) is 19.9 Å². The highest BCUT2D eigenvalue weighted by molar-refractivity contribution is 6.13. The molecular formula is C41H25N5O2. The van der Waals surface area contributed by atoms with Crippen molar-refractivity contribution in [1.29, 1.82) is 0 Å². The highest BCUT2D eigenvalue weighted by atomic mass is 16.3. The Morgan fingerprint density at radius 3 is 1.90 bits per heavy atom. The molecule has 0 saturated carbocycles. The van der Waals surface area contributed by atoms with Gasteiger partial charge in [0.15, 0.2) is 23.7 Å². The van der Waals surface area contributed by atoms with Crippen molar-refractivity contribution in [3.63, 3.8) is 0 Å². The molecule has 226 valence electrons. The van der Waals surface area contributed by atoms with Crippen molar-refractivity contribution >= 4 is 33.0 Å². The van der Waals surface area contributed by atoms with Gasteiger partial charge in [-0.15, -0.1) is 0 Å². The zero-order valence-corrected chi connectivity index (χ0v) is 25.4. The number of benzene rings is 6. The maximum absolute atomic E-state index is 11.8. The third-order valence-electron chi connectivity index (χ3n) is 9.18. The summed E-state index contributed by atoms with van der Waals surface area (Å²) >= 11 is 0. The van der Waals surface area contributed by atoms with Crippen LogP contribution in [0.25, 0.3) is 89.7 Å². The minimum atomic E-state index is -0.891. The Hall–Kier alpha value is -6.44. The molecule has 1 aliphatic rings. The van der Waals surface area contributed by atoms with Gasteiger partial charge in [0.1, 0.15) is 17.0 Å². The molecule has 0 saturated heterocycles. The van der Waals surface area contributed by atoms with Crippen LogP contribution in [0.4, 0.5) is 0 Å². The van der Waals surface area contributed by atoms with Gasteiger partial charge in [0, 0.05) is 44.2 Å². The van der Waals surface area contributed by atoms with Crippen LogP contribution in [0.1, 0.15) is 11.8 Å². The number of rotatable bonds is 4. The first-order valence-electron chi connectivity index (χ1n) is 15.8. The lowest BCUT2D eigenvalue weighted by molar-refractivity contribution is 0.151. The highest BCUT2D eigenvalue weighted by Gasteiger charge is 2.30. The Morgan fingerprint density at radius 1 is 0.521 bits per heavy atom. The normalized spacial score (nSPS) is 13.7. The van der Waals surface area contributed by atoms with Crippen molar-refractivity contribution < 1.29 is 9.52 Å². The third kappa shape index (κ3) is 3.98. The number of aliphatic hydroxyl groups excluding tert-OH is 1. The summed E-state index contributed by atoms with van der Waals surface area (Å²) in [6.07, 6.45) is -0.891. The van der Waals surface area contributed by atoms with Gasteiger partial charge in [-0.2, -0.15) is 0 Å². The summed E-state index contributed by atoms with van der Waals surface area (Å²) in [4.78, 5) is 19.9. The first-order chi connectivity index (χ1) is 23.7. The molecule has 0 radical (unpaired) electrons.